The second-order valence-electron chi connectivity index (χ2n) is 4.57. The zero-order valence-electron chi connectivity index (χ0n) is 11.7. The number of rotatable bonds is 5. The molecule has 2 rings (SSSR count). The first-order chi connectivity index (χ1) is 10.9. The Morgan fingerprint density at radius 3 is 2.17 bits per heavy atom. The van der Waals surface area contributed by atoms with Crippen LogP contribution in [0.5, 0.6) is 5.75 Å². The van der Waals surface area contributed by atoms with Crippen molar-refractivity contribution in [3.63, 3.8) is 0 Å². The zero-order valence-corrected chi connectivity index (χ0v) is 14.0. The fourth-order valence-corrected chi connectivity index (χ4v) is 2.03. The normalized spacial score (nSPS) is 12.3. The summed E-state index contributed by atoms with van der Waals surface area (Å²) >= 11 is 17.6. The first-order valence-electron chi connectivity index (χ1n) is 6.54. The van der Waals surface area contributed by atoms with E-state index < -0.39 is 15.9 Å². The Kier molecular flexibility index (Phi) is 5.88. The molecule has 0 fully saturated rings. The van der Waals surface area contributed by atoms with Gasteiger partial charge in [0.25, 0.3) is 5.91 Å². The Morgan fingerprint density at radius 2 is 1.65 bits per heavy atom. The van der Waals surface area contributed by atoms with E-state index in [9.17, 15) is 9.59 Å². The first-order valence-corrected chi connectivity index (χ1v) is 7.68. The predicted octanol–water partition coefficient (Wildman–Crippen LogP) is 4.00. The maximum Gasteiger partial charge on any atom is 0.254 e. The third-order valence-electron chi connectivity index (χ3n) is 2.87. The molecule has 1 atom stereocenters. The number of carbonyl (C=O) groups is 2. The topological polar surface area (TPSA) is 55.4 Å². The summed E-state index contributed by atoms with van der Waals surface area (Å²) in [7, 11) is 0. The van der Waals surface area contributed by atoms with Gasteiger partial charge in [0, 0.05) is 11.1 Å². The number of carbonyl (C=O) groups excluding carboxylic acids is 2. The molecule has 0 aliphatic rings. The average Bonchev–Trinajstić information content (AvgIpc) is 2.54. The molecule has 1 N–H and O–H groups in total. The molecular formula is C16H12Cl3NO3. The molecule has 0 aliphatic heterocycles. The largest absolute Gasteiger partial charge is 0.466 e. The Balaban J connectivity index is 2.14. The van der Waals surface area contributed by atoms with Crippen LogP contribution < -0.4 is 10.1 Å². The number of aldehydes is 1. The second-order valence-corrected chi connectivity index (χ2v) is 6.93. The van der Waals surface area contributed by atoms with Gasteiger partial charge in [-0.3, -0.25) is 9.59 Å². The van der Waals surface area contributed by atoms with Gasteiger partial charge in [0.05, 0.1) is 0 Å². The van der Waals surface area contributed by atoms with Gasteiger partial charge in [-0.05, 0) is 36.4 Å². The van der Waals surface area contributed by atoms with E-state index in [1.54, 1.807) is 54.6 Å². The Morgan fingerprint density at radius 1 is 1.04 bits per heavy atom. The molecule has 0 bridgehead atoms. The maximum atomic E-state index is 12.2. The quantitative estimate of drug-likeness (QED) is 0.490. The van der Waals surface area contributed by atoms with Crippen molar-refractivity contribution in [2.45, 2.75) is 10.0 Å². The SMILES string of the molecule is O=Cc1ccc(O[C@H](NC(=O)c2ccccc2)C(Cl)(Cl)Cl)cc1. The van der Waals surface area contributed by atoms with Crippen molar-refractivity contribution in [3.8, 4) is 5.75 Å². The highest BCUT2D eigenvalue weighted by atomic mass is 35.6. The van der Waals surface area contributed by atoms with Crippen molar-refractivity contribution in [1.29, 1.82) is 0 Å². The summed E-state index contributed by atoms with van der Waals surface area (Å²) in [5, 5.41) is 2.52. The summed E-state index contributed by atoms with van der Waals surface area (Å²) in [6, 6.07) is 14.7. The number of nitrogens with one attached hydrogen (secondary N) is 1. The van der Waals surface area contributed by atoms with Crippen LogP contribution in [-0.2, 0) is 0 Å². The standard InChI is InChI=1S/C16H12Cl3NO3/c17-16(18,19)15(20-14(22)12-4-2-1-3-5-12)23-13-8-6-11(10-21)7-9-13/h1-10,15H,(H,20,22)/t15-/m0/s1. The minimum absolute atomic E-state index is 0.347. The molecule has 0 heterocycles. The van der Waals surface area contributed by atoms with Crippen molar-refractivity contribution in [2.24, 2.45) is 0 Å². The minimum Gasteiger partial charge on any atom is -0.466 e. The van der Waals surface area contributed by atoms with Crippen LogP contribution in [0.15, 0.2) is 54.6 Å². The number of hydrogen-bond acceptors (Lipinski definition) is 3. The molecular weight excluding hydrogens is 361 g/mol. The van der Waals surface area contributed by atoms with Crippen LogP contribution in [0.1, 0.15) is 20.7 Å². The lowest BCUT2D eigenvalue weighted by Gasteiger charge is -2.26. The van der Waals surface area contributed by atoms with Crippen LogP contribution in [0.3, 0.4) is 0 Å². The summed E-state index contributed by atoms with van der Waals surface area (Å²) < 4.78 is 3.65. The Hall–Kier alpha value is -1.75. The van der Waals surface area contributed by atoms with Gasteiger partial charge in [-0.15, -0.1) is 0 Å². The number of benzene rings is 2. The van der Waals surface area contributed by atoms with Gasteiger partial charge in [-0.1, -0.05) is 53.0 Å². The summed E-state index contributed by atoms with van der Waals surface area (Å²) in [5.74, 6) is -0.0910. The summed E-state index contributed by atoms with van der Waals surface area (Å²) in [6.07, 6.45) is -0.504. The Bertz CT molecular complexity index is 669. The van der Waals surface area contributed by atoms with Gasteiger partial charge in [0.1, 0.15) is 12.0 Å². The molecule has 0 saturated carbocycles. The van der Waals surface area contributed by atoms with E-state index >= 15 is 0 Å². The fraction of sp³-hybridized carbons (Fsp3) is 0.125. The van der Waals surface area contributed by atoms with Crippen molar-refractivity contribution >= 4 is 47.0 Å². The van der Waals surface area contributed by atoms with Crippen molar-refractivity contribution in [2.75, 3.05) is 0 Å². The van der Waals surface area contributed by atoms with E-state index in [0.29, 0.717) is 23.2 Å². The van der Waals surface area contributed by atoms with Crippen LogP contribution in [0, 0.1) is 0 Å². The molecule has 120 valence electrons. The highest BCUT2D eigenvalue weighted by Gasteiger charge is 2.36. The molecule has 7 heteroatoms. The number of ether oxygens (including phenoxy) is 1. The number of halogens is 3. The minimum atomic E-state index is -1.88. The van der Waals surface area contributed by atoms with Gasteiger partial charge < -0.3 is 10.1 Å². The molecule has 2 aromatic rings. The van der Waals surface area contributed by atoms with E-state index in [4.69, 9.17) is 39.5 Å². The molecule has 0 radical (unpaired) electrons. The van der Waals surface area contributed by atoms with Gasteiger partial charge >= 0.3 is 0 Å². The van der Waals surface area contributed by atoms with E-state index in [2.05, 4.69) is 5.32 Å². The molecule has 0 spiro atoms. The third-order valence-corrected chi connectivity index (χ3v) is 3.46. The monoisotopic (exact) mass is 371 g/mol. The maximum absolute atomic E-state index is 12.2. The van der Waals surface area contributed by atoms with E-state index in [0.717, 1.165) is 0 Å². The highest BCUT2D eigenvalue weighted by Crippen LogP contribution is 2.32. The molecule has 1 amide bonds. The van der Waals surface area contributed by atoms with Crippen LogP contribution in [0.25, 0.3) is 0 Å². The molecule has 2 aromatic carbocycles. The predicted molar refractivity (Wildman–Crippen MR) is 90.4 cm³/mol. The van der Waals surface area contributed by atoms with Crippen LogP contribution in [-0.4, -0.2) is 22.2 Å². The molecule has 0 aliphatic carbocycles. The van der Waals surface area contributed by atoms with E-state index in [-0.39, 0.29) is 0 Å². The number of alkyl halides is 3. The van der Waals surface area contributed by atoms with E-state index in [1.807, 2.05) is 0 Å². The summed E-state index contributed by atoms with van der Waals surface area (Å²) in [6.45, 7) is 0. The molecule has 4 nitrogen and oxygen atoms in total. The van der Waals surface area contributed by atoms with Gasteiger partial charge in [0.15, 0.2) is 0 Å². The lowest BCUT2D eigenvalue weighted by atomic mass is 10.2. The smallest absolute Gasteiger partial charge is 0.254 e. The fourth-order valence-electron chi connectivity index (χ4n) is 1.73. The van der Waals surface area contributed by atoms with Crippen molar-refractivity contribution < 1.29 is 14.3 Å². The molecule has 0 aromatic heterocycles. The zero-order chi connectivity index (χ0) is 16.9. The number of amides is 1. The van der Waals surface area contributed by atoms with Crippen molar-refractivity contribution in [1.82, 2.24) is 5.32 Å². The van der Waals surface area contributed by atoms with Gasteiger partial charge in [0.2, 0.25) is 10.0 Å². The summed E-state index contributed by atoms with van der Waals surface area (Å²) in [4.78, 5) is 22.8. The Labute approximate surface area is 148 Å². The van der Waals surface area contributed by atoms with Crippen LogP contribution >= 0.6 is 34.8 Å². The molecule has 23 heavy (non-hydrogen) atoms. The van der Waals surface area contributed by atoms with Gasteiger partial charge in [-0.2, -0.15) is 0 Å². The summed E-state index contributed by atoms with van der Waals surface area (Å²) in [5.41, 5.74) is 0.891. The number of hydrogen-bond donors (Lipinski definition) is 1. The van der Waals surface area contributed by atoms with Crippen LogP contribution in [0.4, 0.5) is 0 Å². The van der Waals surface area contributed by atoms with E-state index in [1.165, 1.54) is 0 Å². The van der Waals surface area contributed by atoms with Gasteiger partial charge in [-0.25, -0.2) is 0 Å². The second kappa shape index (κ2) is 7.68. The first kappa shape index (κ1) is 17.6. The lowest BCUT2D eigenvalue weighted by molar-refractivity contribution is 0.0833. The van der Waals surface area contributed by atoms with Crippen LogP contribution in [0.2, 0.25) is 0 Å². The molecule has 0 unspecified atom stereocenters. The van der Waals surface area contributed by atoms with Crippen molar-refractivity contribution in [3.05, 3.63) is 65.7 Å². The average molecular weight is 373 g/mol. The molecule has 0 saturated heterocycles. The lowest BCUT2D eigenvalue weighted by Crippen LogP contribution is -2.47. The highest BCUT2D eigenvalue weighted by molar-refractivity contribution is 6.68. The third kappa shape index (κ3) is 5.13.